The van der Waals surface area contributed by atoms with E-state index < -0.39 is 10.0 Å². The van der Waals surface area contributed by atoms with Gasteiger partial charge < -0.3 is 0 Å². The van der Waals surface area contributed by atoms with E-state index in [2.05, 4.69) is 31.0 Å². The van der Waals surface area contributed by atoms with Crippen LogP contribution >= 0.6 is 0 Å². The number of rotatable bonds is 3. The van der Waals surface area contributed by atoms with Crippen molar-refractivity contribution >= 4 is 26.7 Å². The maximum atomic E-state index is 13.2. The molecule has 26 heavy (non-hydrogen) atoms. The third-order valence-corrected chi connectivity index (χ3v) is 6.79. The summed E-state index contributed by atoms with van der Waals surface area (Å²) in [6.07, 6.45) is 0.690. The van der Waals surface area contributed by atoms with E-state index in [1.165, 1.54) is 4.31 Å². The first-order valence-corrected chi connectivity index (χ1v) is 10.3. The average Bonchev–Trinajstić information content (AvgIpc) is 3.03. The summed E-state index contributed by atoms with van der Waals surface area (Å²) in [6.45, 7) is 6.64. The van der Waals surface area contributed by atoms with Crippen LogP contribution in [0.5, 0.6) is 0 Å². The second-order valence-electron chi connectivity index (χ2n) is 7.22. The Balaban J connectivity index is 1.78. The maximum absolute atomic E-state index is 13.2. The maximum Gasteiger partial charge on any atom is 0.265 e. The molecule has 0 N–H and O–H groups in total. The van der Waals surface area contributed by atoms with Crippen molar-refractivity contribution in [3.8, 4) is 0 Å². The number of sulfonamides is 1. The summed E-state index contributed by atoms with van der Waals surface area (Å²) in [5, 5.41) is 1.05. The number of pyridine rings is 1. The van der Waals surface area contributed by atoms with Crippen molar-refractivity contribution in [3.63, 3.8) is 0 Å². The largest absolute Gasteiger partial charge is 0.265 e. The van der Waals surface area contributed by atoms with Gasteiger partial charge in [0.25, 0.3) is 10.0 Å². The van der Waals surface area contributed by atoms with Crippen molar-refractivity contribution in [2.75, 3.05) is 10.8 Å². The molecule has 0 spiro atoms. The van der Waals surface area contributed by atoms with Gasteiger partial charge in [-0.1, -0.05) is 38.1 Å². The van der Waals surface area contributed by atoms with Gasteiger partial charge in [-0.15, -0.1) is 0 Å². The number of benzene rings is 2. The lowest BCUT2D eigenvalue weighted by atomic mass is 10.0. The first kappa shape index (κ1) is 17.0. The van der Waals surface area contributed by atoms with Crippen LogP contribution in [0.1, 0.15) is 36.5 Å². The van der Waals surface area contributed by atoms with Gasteiger partial charge in [0.15, 0.2) is 0 Å². The Labute approximate surface area is 154 Å². The molecule has 0 aliphatic carbocycles. The van der Waals surface area contributed by atoms with Gasteiger partial charge in [-0.3, -0.25) is 0 Å². The van der Waals surface area contributed by atoms with Gasteiger partial charge in [-0.25, -0.2) is 17.7 Å². The fraction of sp³-hybridized carbons (Fsp3) is 0.286. The number of hydrogen-bond acceptors (Lipinski definition) is 3. The van der Waals surface area contributed by atoms with Gasteiger partial charge in [0.05, 0.1) is 10.4 Å². The Hall–Kier alpha value is -2.40. The van der Waals surface area contributed by atoms with Crippen LogP contribution in [0.3, 0.4) is 0 Å². The SMILES string of the molecule is Cc1ccc2cc3c(nc2c1)N(S(=O)(=O)c1ccc(C(C)C)cc1)CC3. The molecule has 5 heteroatoms. The molecule has 2 heterocycles. The molecule has 4 rings (SSSR count). The highest BCUT2D eigenvalue weighted by atomic mass is 32.2. The van der Waals surface area contributed by atoms with Crippen molar-refractivity contribution in [1.29, 1.82) is 0 Å². The Kier molecular flexibility index (Phi) is 3.99. The molecule has 1 aliphatic heterocycles. The van der Waals surface area contributed by atoms with Gasteiger partial charge in [0, 0.05) is 11.9 Å². The third kappa shape index (κ3) is 2.76. The first-order valence-electron chi connectivity index (χ1n) is 8.89. The predicted octanol–water partition coefficient (Wildman–Crippen LogP) is 4.42. The highest BCUT2D eigenvalue weighted by Crippen LogP contribution is 2.34. The second-order valence-corrected chi connectivity index (χ2v) is 9.08. The van der Waals surface area contributed by atoms with Crippen LogP contribution in [0.4, 0.5) is 5.82 Å². The second kappa shape index (κ2) is 6.09. The number of hydrogen-bond donors (Lipinski definition) is 0. The highest BCUT2D eigenvalue weighted by Gasteiger charge is 2.32. The zero-order chi connectivity index (χ0) is 18.5. The molecule has 0 saturated heterocycles. The average molecular weight is 366 g/mol. The molecule has 0 amide bonds. The van der Waals surface area contributed by atoms with Crippen LogP contribution in [0.2, 0.25) is 0 Å². The molecule has 0 saturated carbocycles. The summed E-state index contributed by atoms with van der Waals surface area (Å²) in [5.41, 5.74) is 4.07. The predicted molar refractivity (Wildman–Crippen MR) is 105 cm³/mol. The molecule has 0 radical (unpaired) electrons. The molecular weight excluding hydrogens is 344 g/mol. The minimum absolute atomic E-state index is 0.320. The standard InChI is InChI=1S/C21H22N2O2S/c1-14(2)16-6-8-19(9-7-16)26(24,25)23-11-10-18-13-17-5-4-15(3)12-20(17)22-21(18)23/h4-9,12-14H,10-11H2,1-3H3. The van der Waals surface area contributed by atoms with E-state index >= 15 is 0 Å². The van der Waals surface area contributed by atoms with Crippen LogP contribution in [-0.4, -0.2) is 19.9 Å². The lowest BCUT2D eigenvalue weighted by Gasteiger charge is -2.19. The van der Waals surface area contributed by atoms with E-state index in [0.29, 0.717) is 29.6 Å². The number of anilines is 1. The molecule has 0 bridgehead atoms. The van der Waals surface area contributed by atoms with E-state index in [1.54, 1.807) is 12.1 Å². The zero-order valence-corrected chi connectivity index (χ0v) is 16.0. The highest BCUT2D eigenvalue weighted by molar-refractivity contribution is 7.92. The van der Waals surface area contributed by atoms with Crippen molar-refractivity contribution in [1.82, 2.24) is 4.98 Å². The topological polar surface area (TPSA) is 50.3 Å². The Morgan fingerprint density at radius 1 is 1.04 bits per heavy atom. The van der Waals surface area contributed by atoms with Crippen molar-refractivity contribution in [2.24, 2.45) is 0 Å². The molecule has 3 aromatic rings. The molecule has 1 aromatic heterocycles. The number of fused-ring (bicyclic) bond motifs is 2. The minimum atomic E-state index is -3.60. The van der Waals surface area contributed by atoms with Crippen LogP contribution in [0.15, 0.2) is 53.4 Å². The van der Waals surface area contributed by atoms with Crippen molar-refractivity contribution in [3.05, 3.63) is 65.2 Å². The first-order chi connectivity index (χ1) is 12.4. The van der Waals surface area contributed by atoms with Gasteiger partial charge in [-0.2, -0.15) is 0 Å². The fourth-order valence-corrected chi connectivity index (χ4v) is 4.88. The van der Waals surface area contributed by atoms with Crippen LogP contribution < -0.4 is 4.31 Å². The Morgan fingerprint density at radius 2 is 1.77 bits per heavy atom. The van der Waals surface area contributed by atoms with Crippen molar-refractivity contribution < 1.29 is 8.42 Å². The minimum Gasteiger partial charge on any atom is -0.249 e. The summed E-state index contributed by atoms with van der Waals surface area (Å²) in [4.78, 5) is 5.00. The Morgan fingerprint density at radius 3 is 2.46 bits per heavy atom. The summed E-state index contributed by atoms with van der Waals surface area (Å²) < 4.78 is 27.8. The quantitative estimate of drug-likeness (QED) is 0.689. The summed E-state index contributed by atoms with van der Waals surface area (Å²) in [5.74, 6) is 0.937. The lowest BCUT2D eigenvalue weighted by Crippen LogP contribution is -2.29. The van der Waals surface area contributed by atoms with Crippen LogP contribution in [0.25, 0.3) is 10.9 Å². The van der Waals surface area contributed by atoms with E-state index in [9.17, 15) is 8.42 Å². The molecular formula is C21H22N2O2S. The molecule has 4 nitrogen and oxygen atoms in total. The van der Waals surface area contributed by atoms with E-state index in [4.69, 9.17) is 0 Å². The summed E-state index contributed by atoms with van der Waals surface area (Å²) >= 11 is 0. The van der Waals surface area contributed by atoms with Crippen LogP contribution in [0, 0.1) is 6.92 Å². The van der Waals surface area contributed by atoms with Crippen molar-refractivity contribution in [2.45, 2.75) is 38.0 Å². The number of aryl methyl sites for hydroxylation is 1. The zero-order valence-electron chi connectivity index (χ0n) is 15.2. The van der Waals surface area contributed by atoms with E-state index in [1.807, 2.05) is 31.2 Å². The van der Waals surface area contributed by atoms with Gasteiger partial charge >= 0.3 is 0 Å². The summed E-state index contributed by atoms with van der Waals surface area (Å²) in [7, 11) is -3.60. The molecule has 0 fully saturated rings. The molecule has 1 aliphatic rings. The molecule has 0 unspecified atom stereocenters. The molecule has 0 atom stereocenters. The van der Waals surface area contributed by atoms with E-state index in [0.717, 1.165) is 27.6 Å². The normalized spacial score (nSPS) is 14.2. The lowest BCUT2D eigenvalue weighted by molar-refractivity contribution is 0.592. The number of aromatic nitrogens is 1. The van der Waals surface area contributed by atoms with Crippen LogP contribution in [-0.2, 0) is 16.4 Å². The fourth-order valence-electron chi connectivity index (χ4n) is 3.42. The summed E-state index contributed by atoms with van der Waals surface area (Å²) in [6, 6.07) is 15.3. The van der Waals surface area contributed by atoms with Gasteiger partial charge in [-0.05, 0) is 60.2 Å². The van der Waals surface area contributed by atoms with Gasteiger partial charge in [0.1, 0.15) is 5.82 Å². The number of nitrogens with zero attached hydrogens (tertiary/aromatic N) is 2. The molecule has 2 aromatic carbocycles. The smallest absolute Gasteiger partial charge is 0.249 e. The molecule has 134 valence electrons. The third-order valence-electron chi connectivity index (χ3n) is 4.98. The van der Waals surface area contributed by atoms with Gasteiger partial charge in [0.2, 0.25) is 0 Å². The monoisotopic (exact) mass is 366 g/mol. The Bertz CT molecular complexity index is 1090. The van der Waals surface area contributed by atoms with E-state index in [-0.39, 0.29) is 0 Å².